The van der Waals surface area contributed by atoms with Crippen LogP contribution in [0.15, 0.2) is 48.5 Å². The molecule has 0 saturated carbocycles. The van der Waals surface area contributed by atoms with Crippen molar-refractivity contribution < 1.29 is 9.90 Å². The van der Waals surface area contributed by atoms with Crippen LogP contribution in [0.25, 0.3) is 0 Å². The average molecular weight is 344 g/mol. The van der Waals surface area contributed by atoms with Gasteiger partial charge in [0.25, 0.3) is 0 Å². The highest BCUT2D eigenvalue weighted by atomic mass is 35.5. The average Bonchev–Trinajstić information content (AvgIpc) is 2.59. The molecule has 2 aromatic carbocycles. The molecule has 6 heteroatoms. The molecule has 0 bridgehead atoms. The van der Waals surface area contributed by atoms with Crippen molar-refractivity contribution in [2.45, 2.75) is 6.42 Å². The number of para-hydroxylation sites is 1. The van der Waals surface area contributed by atoms with Crippen LogP contribution in [0, 0.1) is 11.3 Å². The summed E-state index contributed by atoms with van der Waals surface area (Å²) in [6, 6.07) is 16.3. The highest BCUT2D eigenvalue weighted by Gasteiger charge is 2.13. The van der Waals surface area contributed by atoms with E-state index in [0.29, 0.717) is 29.2 Å². The van der Waals surface area contributed by atoms with Crippen molar-refractivity contribution in [3.63, 3.8) is 0 Å². The van der Waals surface area contributed by atoms with E-state index in [4.69, 9.17) is 22.0 Å². The molecule has 24 heavy (non-hydrogen) atoms. The van der Waals surface area contributed by atoms with Gasteiger partial charge in [0.15, 0.2) is 0 Å². The first-order valence-corrected chi connectivity index (χ1v) is 7.92. The lowest BCUT2D eigenvalue weighted by Crippen LogP contribution is -2.34. The SMILES string of the molecule is N#Cc1ccc(Cl)cc1NC(=O)CN(CCCO)c1ccccc1. The molecule has 5 nitrogen and oxygen atoms in total. The minimum Gasteiger partial charge on any atom is -0.396 e. The fraction of sp³-hybridized carbons (Fsp3) is 0.222. The van der Waals surface area contributed by atoms with E-state index < -0.39 is 0 Å². The molecule has 2 N–H and O–H groups in total. The van der Waals surface area contributed by atoms with E-state index in [-0.39, 0.29) is 19.1 Å². The van der Waals surface area contributed by atoms with Gasteiger partial charge in [-0.15, -0.1) is 0 Å². The molecular weight excluding hydrogens is 326 g/mol. The Kier molecular flexibility index (Phi) is 6.62. The zero-order chi connectivity index (χ0) is 17.4. The van der Waals surface area contributed by atoms with Crippen LogP contribution in [0.3, 0.4) is 0 Å². The molecule has 0 saturated heterocycles. The second kappa shape index (κ2) is 8.92. The number of nitrogens with zero attached hydrogens (tertiary/aromatic N) is 2. The summed E-state index contributed by atoms with van der Waals surface area (Å²) >= 11 is 5.93. The number of aliphatic hydroxyl groups is 1. The predicted octanol–water partition coefficient (Wildman–Crippen LogP) is 3.04. The molecular formula is C18H18ClN3O2. The summed E-state index contributed by atoms with van der Waals surface area (Å²) in [7, 11) is 0. The first kappa shape index (κ1) is 17.8. The van der Waals surface area contributed by atoms with E-state index in [0.717, 1.165) is 5.69 Å². The molecule has 0 heterocycles. The van der Waals surface area contributed by atoms with Crippen LogP contribution in [0.4, 0.5) is 11.4 Å². The molecule has 0 radical (unpaired) electrons. The van der Waals surface area contributed by atoms with Gasteiger partial charge >= 0.3 is 0 Å². The van der Waals surface area contributed by atoms with Crippen molar-refractivity contribution in [1.82, 2.24) is 0 Å². The van der Waals surface area contributed by atoms with E-state index in [1.54, 1.807) is 18.2 Å². The zero-order valence-corrected chi connectivity index (χ0v) is 13.8. The Labute approximate surface area is 146 Å². The van der Waals surface area contributed by atoms with Gasteiger partial charge in [-0.2, -0.15) is 5.26 Å². The molecule has 0 aliphatic heterocycles. The smallest absolute Gasteiger partial charge is 0.243 e. The standard InChI is InChI=1S/C18H18ClN3O2/c19-15-8-7-14(12-20)17(11-15)21-18(24)13-22(9-4-10-23)16-5-2-1-3-6-16/h1-3,5-8,11,23H,4,9-10,13H2,(H,21,24). The van der Waals surface area contributed by atoms with Crippen LogP contribution in [0.1, 0.15) is 12.0 Å². The van der Waals surface area contributed by atoms with Crippen LogP contribution in [-0.2, 0) is 4.79 Å². The van der Waals surface area contributed by atoms with Gasteiger partial charge in [-0.05, 0) is 36.8 Å². The first-order valence-electron chi connectivity index (χ1n) is 7.54. The number of benzene rings is 2. The molecule has 0 fully saturated rings. The summed E-state index contributed by atoms with van der Waals surface area (Å²) < 4.78 is 0. The Hall–Kier alpha value is -2.55. The summed E-state index contributed by atoms with van der Waals surface area (Å²) in [6.45, 7) is 0.716. The Balaban J connectivity index is 2.11. The number of amides is 1. The number of carbonyl (C=O) groups is 1. The topological polar surface area (TPSA) is 76.4 Å². The Morgan fingerprint density at radius 2 is 2.00 bits per heavy atom. The third kappa shape index (κ3) is 4.98. The number of carbonyl (C=O) groups excluding carboxylic acids is 1. The summed E-state index contributed by atoms with van der Waals surface area (Å²) in [5, 5.41) is 21.3. The van der Waals surface area contributed by atoms with Gasteiger partial charge in [-0.25, -0.2) is 0 Å². The Morgan fingerprint density at radius 3 is 2.67 bits per heavy atom. The molecule has 2 aromatic rings. The van der Waals surface area contributed by atoms with Crippen molar-refractivity contribution in [1.29, 1.82) is 5.26 Å². The van der Waals surface area contributed by atoms with E-state index in [2.05, 4.69) is 5.32 Å². The molecule has 1 amide bonds. The predicted molar refractivity (Wildman–Crippen MR) is 95.2 cm³/mol. The fourth-order valence-corrected chi connectivity index (χ4v) is 2.45. The third-order valence-corrected chi connectivity index (χ3v) is 3.65. The van der Waals surface area contributed by atoms with Gasteiger partial charge in [-0.3, -0.25) is 4.79 Å². The lowest BCUT2D eigenvalue weighted by atomic mass is 10.2. The van der Waals surface area contributed by atoms with Crippen molar-refractivity contribution in [3.8, 4) is 6.07 Å². The van der Waals surface area contributed by atoms with Crippen molar-refractivity contribution in [3.05, 3.63) is 59.1 Å². The van der Waals surface area contributed by atoms with E-state index in [1.165, 1.54) is 0 Å². The molecule has 2 rings (SSSR count). The van der Waals surface area contributed by atoms with Crippen molar-refractivity contribution >= 4 is 28.9 Å². The maximum atomic E-state index is 12.4. The zero-order valence-electron chi connectivity index (χ0n) is 13.1. The van der Waals surface area contributed by atoms with E-state index in [1.807, 2.05) is 41.3 Å². The number of nitriles is 1. The number of hydrogen-bond acceptors (Lipinski definition) is 4. The second-order valence-electron chi connectivity index (χ2n) is 5.18. The normalized spacial score (nSPS) is 10.0. The third-order valence-electron chi connectivity index (χ3n) is 3.42. The Morgan fingerprint density at radius 1 is 1.25 bits per heavy atom. The summed E-state index contributed by atoms with van der Waals surface area (Å²) in [4.78, 5) is 14.2. The van der Waals surface area contributed by atoms with Crippen LogP contribution >= 0.6 is 11.6 Å². The minimum absolute atomic E-state index is 0.0534. The van der Waals surface area contributed by atoms with E-state index >= 15 is 0 Å². The maximum Gasteiger partial charge on any atom is 0.243 e. The van der Waals surface area contributed by atoms with Gasteiger partial charge in [0.2, 0.25) is 5.91 Å². The largest absolute Gasteiger partial charge is 0.396 e. The van der Waals surface area contributed by atoms with Gasteiger partial charge in [0.1, 0.15) is 6.07 Å². The van der Waals surface area contributed by atoms with Gasteiger partial charge in [0.05, 0.1) is 17.8 Å². The number of hydrogen-bond donors (Lipinski definition) is 2. The molecule has 124 valence electrons. The minimum atomic E-state index is -0.254. The quantitative estimate of drug-likeness (QED) is 0.810. The first-order chi connectivity index (χ1) is 11.6. The summed E-state index contributed by atoms with van der Waals surface area (Å²) in [5.74, 6) is -0.254. The van der Waals surface area contributed by atoms with Crippen LogP contribution in [-0.4, -0.2) is 30.7 Å². The van der Waals surface area contributed by atoms with Crippen LogP contribution in [0.5, 0.6) is 0 Å². The molecule has 0 atom stereocenters. The molecule has 0 unspecified atom stereocenters. The molecule has 0 spiro atoms. The molecule has 0 aromatic heterocycles. The highest BCUT2D eigenvalue weighted by molar-refractivity contribution is 6.31. The number of halogens is 1. The number of anilines is 2. The van der Waals surface area contributed by atoms with Crippen LogP contribution in [0.2, 0.25) is 5.02 Å². The maximum absolute atomic E-state index is 12.4. The molecule has 0 aliphatic carbocycles. The lowest BCUT2D eigenvalue weighted by molar-refractivity contribution is -0.115. The van der Waals surface area contributed by atoms with Gasteiger partial charge in [-0.1, -0.05) is 29.8 Å². The number of nitrogens with one attached hydrogen (secondary N) is 1. The van der Waals surface area contributed by atoms with Crippen molar-refractivity contribution in [2.24, 2.45) is 0 Å². The van der Waals surface area contributed by atoms with Gasteiger partial charge in [0, 0.05) is 23.9 Å². The summed E-state index contributed by atoms with van der Waals surface area (Å²) in [5.41, 5.74) is 1.65. The fourth-order valence-electron chi connectivity index (χ4n) is 2.28. The van der Waals surface area contributed by atoms with Crippen LogP contribution < -0.4 is 10.2 Å². The van der Waals surface area contributed by atoms with Gasteiger partial charge < -0.3 is 15.3 Å². The summed E-state index contributed by atoms with van der Waals surface area (Å²) in [6.07, 6.45) is 0.558. The second-order valence-corrected chi connectivity index (χ2v) is 5.62. The lowest BCUT2D eigenvalue weighted by Gasteiger charge is -2.24. The van der Waals surface area contributed by atoms with Crippen molar-refractivity contribution in [2.75, 3.05) is 29.9 Å². The monoisotopic (exact) mass is 343 g/mol. The van der Waals surface area contributed by atoms with E-state index in [9.17, 15) is 4.79 Å². The highest BCUT2D eigenvalue weighted by Crippen LogP contribution is 2.21. The Bertz CT molecular complexity index is 729. The number of aliphatic hydroxyl groups excluding tert-OH is 1. The molecule has 0 aliphatic rings. The number of rotatable bonds is 7.